The summed E-state index contributed by atoms with van der Waals surface area (Å²) in [6.45, 7) is 0. The SMILES string of the molecule is O=C(c1ccccc1)[C@H]1[C@H](c2ccccc2F)C2(C(=O)c3ccccc3C2=O)[C@H]2C=Cc3cc(Cl)ccc3N12. The predicted molar refractivity (Wildman–Crippen MR) is 148 cm³/mol. The molecule has 1 fully saturated rings. The molecule has 0 radical (unpaired) electrons. The second kappa shape index (κ2) is 8.58. The zero-order chi connectivity index (χ0) is 26.9. The fraction of sp³-hybridized carbons (Fsp3) is 0.121. The van der Waals surface area contributed by atoms with Gasteiger partial charge in [0.15, 0.2) is 17.3 Å². The highest BCUT2D eigenvalue weighted by molar-refractivity contribution is 6.32. The number of fused-ring (bicyclic) bond motifs is 5. The van der Waals surface area contributed by atoms with Gasteiger partial charge in [-0.1, -0.05) is 96.5 Å². The zero-order valence-electron chi connectivity index (χ0n) is 20.6. The van der Waals surface area contributed by atoms with Gasteiger partial charge in [0.2, 0.25) is 0 Å². The van der Waals surface area contributed by atoms with Crippen LogP contribution in [0.5, 0.6) is 0 Å². The molecule has 3 atom stereocenters. The third-order valence-electron chi connectivity index (χ3n) is 8.33. The molecule has 7 rings (SSSR count). The van der Waals surface area contributed by atoms with Crippen LogP contribution in [0.2, 0.25) is 5.02 Å². The molecule has 4 aromatic carbocycles. The summed E-state index contributed by atoms with van der Waals surface area (Å²) in [4.78, 5) is 45.3. The maximum Gasteiger partial charge on any atom is 0.185 e. The smallest absolute Gasteiger partial charge is 0.185 e. The van der Waals surface area contributed by atoms with Crippen LogP contribution >= 0.6 is 11.6 Å². The molecule has 6 heteroatoms. The lowest BCUT2D eigenvalue weighted by Gasteiger charge is -2.37. The second-order valence-corrected chi connectivity index (χ2v) is 10.6. The fourth-order valence-electron chi connectivity index (χ4n) is 6.79. The number of nitrogens with zero attached hydrogens (tertiary/aromatic N) is 1. The van der Waals surface area contributed by atoms with Crippen molar-refractivity contribution in [1.29, 1.82) is 0 Å². The van der Waals surface area contributed by atoms with E-state index in [1.54, 1.807) is 91.0 Å². The molecule has 190 valence electrons. The average molecular weight is 534 g/mol. The molecule has 2 aliphatic heterocycles. The van der Waals surface area contributed by atoms with E-state index < -0.39 is 40.8 Å². The van der Waals surface area contributed by atoms with Gasteiger partial charge < -0.3 is 4.90 Å². The van der Waals surface area contributed by atoms with E-state index >= 15 is 4.39 Å². The zero-order valence-corrected chi connectivity index (χ0v) is 21.3. The first kappa shape index (κ1) is 23.7. The van der Waals surface area contributed by atoms with Crippen molar-refractivity contribution in [1.82, 2.24) is 0 Å². The van der Waals surface area contributed by atoms with E-state index in [1.165, 1.54) is 6.07 Å². The van der Waals surface area contributed by atoms with E-state index in [-0.39, 0.29) is 11.3 Å². The van der Waals surface area contributed by atoms with Gasteiger partial charge in [-0.15, -0.1) is 0 Å². The summed E-state index contributed by atoms with van der Waals surface area (Å²) in [5, 5.41) is 0.516. The molecule has 2 heterocycles. The van der Waals surface area contributed by atoms with Crippen LogP contribution in [0.4, 0.5) is 10.1 Å². The van der Waals surface area contributed by atoms with E-state index in [0.717, 1.165) is 5.56 Å². The lowest BCUT2D eigenvalue weighted by molar-refractivity contribution is 0.0664. The normalized spacial score (nSPS) is 22.1. The molecule has 0 unspecified atom stereocenters. The largest absolute Gasteiger partial charge is 0.352 e. The average Bonchev–Trinajstić information content (AvgIpc) is 3.39. The van der Waals surface area contributed by atoms with E-state index in [4.69, 9.17) is 11.6 Å². The summed E-state index contributed by atoms with van der Waals surface area (Å²) < 4.78 is 15.7. The number of anilines is 1. The molecule has 1 aliphatic carbocycles. The summed E-state index contributed by atoms with van der Waals surface area (Å²) in [7, 11) is 0. The Morgan fingerprint density at radius 1 is 0.821 bits per heavy atom. The number of carbonyl (C=O) groups is 3. The Hall–Kier alpha value is -4.35. The highest BCUT2D eigenvalue weighted by atomic mass is 35.5. The molecule has 4 nitrogen and oxygen atoms in total. The Bertz CT molecular complexity index is 1700. The summed E-state index contributed by atoms with van der Waals surface area (Å²) in [6.07, 6.45) is 3.63. The van der Waals surface area contributed by atoms with Gasteiger partial charge in [0.25, 0.3) is 0 Å². The third kappa shape index (κ3) is 3.14. The Morgan fingerprint density at radius 2 is 1.46 bits per heavy atom. The van der Waals surface area contributed by atoms with E-state index in [2.05, 4.69) is 0 Å². The number of halogens is 2. The fourth-order valence-corrected chi connectivity index (χ4v) is 6.97. The van der Waals surface area contributed by atoms with Crippen LogP contribution in [-0.4, -0.2) is 29.4 Å². The van der Waals surface area contributed by atoms with Gasteiger partial charge >= 0.3 is 0 Å². The molecule has 4 aromatic rings. The molecule has 0 N–H and O–H groups in total. The molecule has 0 bridgehead atoms. The maximum atomic E-state index is 15.7. The first-order chi connectivity index (χ1) is 18.9. The van der Waals surface area contributed by atoms with Crippen LogP contribution < -0.4 is 4.90 Å². The van der Waals surface area contributed by atoms with E-state index in [9.17, 15) is 14.4 Å². The molecule has 0 saturated carbocycles. The van der Waals surface area contributed by atoms with Crippen molar-refractivity contribution in [2.24, 2.45) is 5.41 Å². The van der Waals surface area contributed by atoms with Crippen molar-refractivity contribution < 1.29 is 18.8 Å². The molecule has 3 aliphatic rings. The van der Waals surface area contributed by atoms with Gasteiger partial charge in [0.05, 0.1) is 6.04 Å². The molecule has 1 spiro atoms. The van der Waals surface area contributed by atoms with Crippen molar-refractivity contribution in [2.45, 2.75) is 18.0 Å². The summed E-state index contributed by atoms with van der Waals surface area (Å²) in [6, 6.07) is 25.0. The van der Waals surface area contributed by atoms with Gasteiger partial charge in [-0.25, -0.2) is 4.39 Å². The summed E-state index contributed by atoms with van der Waals surface area (Å²) in [5.74, 6) is -2.73. The number of hydrogen-bond acceptors (Lipinski definition) is 4. The van der Waals surface area contributed by atoms with Gasteiger partial charge in [-0.3, -0.25) is 14.4 Å². The van der Waals surface area contributed by atoms with Gasteiger partial charge in [0, 0.05) is 33.3 Å². The molecule has 0 amide bonds. The number of rotatable bonds is 3. The van der Waals surface area contributed by atoms with Crippen LogP contribution in [0, 0.1) is 11.2 Å². The Balaban J connectivity index is 1.57. The molecule has 1 saturated heterocycles. The monoisotopic (exact) mass is 533 g/mol. The maximum absolute atomic E-state index is 15.7. The quantitative estimate of drug-likeness (QED) is 0.215. The summed E-state index contributed by atoms with van der Waals surface area (Å²) >= 11 is 6.31. The van der Waals surface area contributed by atoms with Crippen LogP contribution in [-0.2, 0) is 0 Å². The lowest BCUT2D eigenvalue weighted by atomic mass is 9.64. The number of ketones is 3. The first-order valence-corrected chi connectivity index (χ1v) is 13.1. The van der Waals surface area contributed by atoms with Crippen LogP contribution in [0.1, 0.15) is 48.1 Å². The number of hydrogen-bond donors (Lipinski definition) is 0. The van der Waals surface area contributed by atoms with Crippen molar-refractivity contribution in [3.63, 3.8) is 0 Å². The second-order valence-electron chi connectivity index (χ2n) is 10.2. The first-order valence-electron chi connectivity index (χ1n) is 12.7. The van der Waals surface area contributed by atoms with E-state index in [0.29, 0.717) is 27.4 Å². The minimum atomic E-state index is -1.74. The van der Waals surface area contributed by atoms with Gasteiger partial charge in [-0.05, 0) is 35.4 Å². The molecule has 39 heavy (non-hydrogen) atoms. The van der Waals surface area contributed by atoms with Crippen molar-refractivity contribution in [2.75, 3.05) is 4.90 Å². The Kier molecular flexibility index (Phi) is 5.23. The van der Waals surface area contributed by atoms with Crippen molar-refractivity contribution >= 4 is 40.7 Å². The predicted octanol–water partition coefficient (Wildman–Crippen LogP) is 6.80. The lowest BCUT2D eigenvalue weighted by Crippen LogP contribution is -2.48. The minimum Gasteiger partial charge on any atom is -0.352 e. The third-order valence-corrected chi connectivity index (χ3v) is 8.57. The van der Waals surface area contributed by atoms with Crippen molar-refractivity contribution in [3.8, 4) is 0 Å². The number of carbonyl (C=O) groups excluding carboxylic acids is 3. The number of Topliss-reactive ketones (excluding diaryl/α,β-unsaturated/α-hetero) is 3. The van der Waals surface area contributed by atoms with Crippen LogP contribution in [0.25, 0.3) is 6.08 Å². The highest BCUT2D eigenvalue weighted by Crippen LogP contribution is 2.61. The topological polar surface area (TPSA) is 54.5 Å². The molecule has 0 aromatic heterocycles. The Labute approximate surface area is 229 Å². The molecular formula is C33H21ClFNO3. The van der Waals surface area contributed by atoms with Gasteiger partial charge in [0.1, 0.15) is 17.3 Å². The van der Waals surface area contributed by atoms with Crippen LogP contribution in [0.3, 0.4) is 0 Å². The van der Waals surface area contributed by atoms with E-state index in [1.807, 2.05) is 17.0 Å². The van der Waals surface area contributed by atoms with Crippen molar-refractivity contribution in [3.05, 3.63) is 142 Å². The summed E-state index contributed by atoms with van der Waals surface area (Å²) in [5.41, 5.74) is 0.855. The minimum absolute atomic E-state index is 0.166. The Morgan fingerprint density at radius 3 is 2.15 bits per heavy atom. The highest BCUT2D eigenvalue weighted by Gasteiger charge is 2.71. The van der Waals surface area contributed by atoms with Crippen LogP contribution in [0.15, 0.2) is 103 Å². The molecular weight excluding hydrogens is 513 g/mol. The van der Waals surface area contributed by atoms with Gasteiger partial charge in [-0.2, -0.15) is 0 Å². The standard InChI is InChI=1S/C33H21ClFNO3/c34-21-15-16-26-20(18-21)14-17-27-33(31(38)22-10-4-5-11-23(22)32(33)39)28(24-12-6-7-13-25(24)35)29(36(26)27)30(37)19-8-2-1-3-9-19/h1-18,27-29H/t27-,28+,29-/m1/s1. The number of benzene rings is 4.